The molecule has 0 spiro atoms. The smallest absolute Gasteiger partial charge is 0.191 e. The molecule has 3 aromatic rings. The van der Waals surface area contributed by atoms with Gasteiger partial charge in [-0.15, -0.1) is 0 Å². The number of aromatic nitrogens is 2. The summed E-state index contributed by atoms with van der Waals surface area (Å²) in [5.41, 5.74) is 3.25. The van der Waals surface area contributed by atoms with Gasteiger partial charge in [0.05, 0.1) is 18.3 Å². The molecule has 0 aliphatic carbocycles. The zero-order valence-electron chi connectivity index (χ0n) is 17.5. The zero-order chi connectivity index (χ0) is 21.2. The summed E-state index contributed by atoms with van der Waals surface area (Å²) in [6.45, 7) is 5.41. The molecule has 0 radical (unpaired) electrons. The molecule has 2 unspecified atom stereocenters. The van der Waals surface area contributed by atoms with E-state index >= 15 is 0 Å². The Labute approximate surface area is 180 Å². The average Bonchev–Trinajstić information content (AvgIpc) is 3.30. The van der Waals surface area contributed by atoms with Crippen LogP contribution in [0.2, 0.25) is 0 Å². The van der Waals surface area contributed by atoms with Crippen molar-refractivity contribution in [2.24, 2.45) is 4.99 Å². The van der Waals surface area contributed by atoms with Crippen LogP contribution in [0.1, 0.15) is 31.0 Å². The predicted molar refractivity (Wildman–Crippen MR) is 124 cm³/mol. The Morgan fingerprint density at radius 1 is 1.17 bits per heavy atom. The van der Waals surface area contributed by atoms with Gasteiger partial charge in [-0.2, -0.15) is 5.10 Å². The van der Waals surface area contributed by atoms with Gasteiger partial charge >= 0.3 is 0 Å². The van der Waals surface area contributed by atoms with Crippen LogP contribution >= 0.6 is 0 Å². The van der Waals surface area contributed by atoms with Gasteiger partial charge in [0, 0.05) is 41.2 Å². The van der Waals surface area contributed by atoms with Crippen LogP contribution in [0.25, 0.3) is 5.69 Å². The number of nitrogens with one attached hydrogen (secondary N) is 2. The van der Waals surface area contributed by atoms with Crippen molar-refractivity contribution in [2.75, 3.05) is 18.8 Å². The van der Waals surface area contributed by atoms with Crippen LogP contribution in [0, 0.1) is 0 Å². The second kappa shape index (κ2) is 11.3. The molecule has 6 nitrogen and oxygen atoms in total. The van der Waals surface area contributed by atoms with Crippen LogP contribution in [0.4, 0.5) is 0 Å². The third kappa shape index (κ3) is 6.56. The lowest BCUT2D eigenvalue weighted by Gasteiger charge is -2.19. The van der Waals surface area contributed by atoms with E-state index in [4.69, 9.17) is 0 Å². The van der Waals surface area contributed by atoms with Crippen LogP contribution in [0.15, 0.2) is 78.0 Å². The number of benzene rings is 2. The minimum atomic E-state index is -0.933. The molecule has 2 atom stereocenters. The Bertz CT molecular complexity index is 957. The second-order valence-electron chi connectivity index (χ2n) is 6.95. The highest BCUT2D eigenvalue weighted by Crippen LogP contribution is 2.16. The first-order valence-corrected chi connectivity index (χ1v) is 11.7. The van der Waals surface area contributed by atoms with Gasteiger partial charge in [-0.05, 0) is 43.2 Å². The molecule has 1 heterocycles. The molecule has 2 aromatic carbocycles. The van der Waals surface area contributed by atoms with Crippen LogP contribution in [0.3, 0.4) is 0 Å². The first-order chi connectivity index (χ1) is 14.7. The minimum Gasteiger partial charge on any atom is -0.357 e. The molecule has 0 aliphatic rings. The van der Waals surface area contributed by atoms with Crippen LogP contribution in [0.5, 0.6) is 0 Å². The monoisotopic (exact) mass is 423 g/mol. The summed E-state index contributed by atoms with van der Waals surface area (Å²) in [4.78, 5) is 4.62. The first-order valence-electron chi connectivity index (χ1n) is 10.2. The van der Waals surface area contributed by atoms with Crippen molar-refractivity contribution in [2.45, 2.75) is 25.6 Å². The fraction of sp³-hybridized carbons (Fsp3) is 0.304. The molecule has 0 aliphatic heterocycles. The molecule has 1 aromatic heterocycles. The van der Waals surface area contributed by atoms with Gasteiger partial charge in [-0.3, -0.25) is 9.20 Å². The van der Waals surface area contributed by atoms with Crippen LogP contribution < -0.4 is 10.6 Å². The van der Waals surface area contributed by atoms with Crippen molar-refractivity contribution >= 4 is 16.8 Å². The molecule has 0 fully saturated rings. The van der Waals surface area contributed by atoms with Crippen molar-refractivity contribution in [3.8, 4) is 5.69 Å². The molecule has 0 saturated heterocycles. The highest BCUT2D eigenvalue weighted by atomic mass is 32.2. The lowest BCUT2D eigenvalue weighted by molar-refractivity contribution is 0.679. The minimum absolute atomic E-state index is 0.0631. The molecule has 2 N–H and O–H groups in total. The fourth-order valence-electron chi connectivity index (χ4n) is 3.06. The standard InChI is InChI=1S/C23H29N5OS/c1-3-24-23(25-14-16-30(29)18-20-9-5-4-6-10-20)27-19(2)21-11-7-12-22(17-21)28-15-8-13-26-28/h4-13,15,17,19H,3,14,16,18H2,1-2H3,(H2,24,25,27). The third-order valence-electron chi connectivity index (χ3n) is 4.60. The quantitative estimate of drug-likeness (QED) is 0.409. The van der Waals surface area contributed by atoms with Gasteiger partial charge in [0.25, 0.3) is 0 Å². The lowest BCUT2D eigenvalue weighted by Crippen LogP contribution is -2.39. The number of hydrogen-bond donors (Lipinski definition) is 2. The van der Waals surface area contributed by atoms with E-state index in [0.29, 0.717) is 18.1 Å². The highest BCUT2D eigenvalue weighted by Gasteiger charge is 2.09. The Balaban J connectivity index is 1.57. The maximum Gasteiger partial charge on any atom is 0.191 e. The SMILES string of the molecule is CCNC(=NCCS(=O)Cc1ccccc1)NC(C)c1cccc(-n2cccn2)c1. The van der Waals surface area contributed by atoms with Crippen molar-refractivity contribution < 1.29 is 4.21 Å². The van der Waals surface area contributed by atoms with E-state index in [1.165, 1.54) is 0 Å². The number of aliphatic imine (C=N–C) groups is 1. The number of nitrogens with zero attached hydrogens (tertiary/aromatic N) is 3. The zero-order valence-corrected chi connectivity index (χ0v) is 18.3. The van der Waals surface area contributed by atoms with E-state index in [9.17, 15) is 4.21 Å². The lowest BCUT2D eigenvalue weighted by atomic mass is 10.1. The molecule has 7 heteroatoms. The molecule has 0 saturated carbocycles. The Kier molecular flexibility index (Phi) is 8.20. The van der Waals surface area contributed by atoms with Gasteiger partial charge in [-0.1, -0.05) is 42.5 Å². The molecule has 0 amide bonds. The van der Waals surface area contributed by atoms with E-state index in [1.807, 2.05) is 66.3 Å². The Morgan fingerprint density at radius 3 is 2.73 bits per heavy atom. The van der Waals surface area contributed by atoms with Crippen LogP contribution in [-0.2, 0) is 16.6 Å². The second-order valence-corrected chi connectivity index (χ2v) is 8.52. The van der Waals surface area contributed by atoms with E-state index in [1.54, 1.807) is 6.20 Å². The van der Waals surface area contributed by atoms with Gasteiger partial charge in [0.2, 0.25) is 0 Å². The summed E-state index contributed by atoms with van der Waals surface area (Å²) in [5, 5.41) is 11.0. The van der Waals surface area contributed by atoms with Crippen LogP contribution in [-0.4, -0.2) is 38.8 Å². The summed E-state index contributed by atoms with van der Waals surface area (Å²) < 4.78 is 14.2. The largest absolute Gasteiger partial charge is 0.357 e. The average molecular weight is 424 g/mol. The molecular weight excluding hydrogens is 394 g/mol. The molecular formula is C23H29N5OS. The summed E-state index contributed by atoms with van der Waals surface area (Å²) in [6, 6.07) is 20.2. The van der Waals surface area contributed by atoms with Gasteiger partial charge in [0.15, 0.2) is 5.96 Å². The Hall–Kier alpha value is -2.93. The molecule has 158 valence electrons. The normalized spacial score (nSPS) is 13.6. The number of rotatable bonds is 9. The van der Waals surface area contributed by atoms with Gasteiger partial charge < -0.3 is 10.6 Å². The van der Waals surface area contributed by atoms with Crippen molar-refractivity contribution in [3.05, 3.63) is 84.2 Å². The third-order valence-corrected chi connectivity index (χ3v) is 5.89. The maximum absolute atomic E-state index is 12.3. The maximum atomic E-state index is 12.3. The molecule has 0 bridgehead atoms. The van der Waals surface area contributed by atoms with Crippen molar-refractivity contribution in [1.82, 2.24) is 20.4 Å². The highest BCUT2D eigenvalue weighted by molar-refractivity contribution is 7.84. The van der Waals surface area contributed by atoms with E-state index in [2.05, 4.69) is 39.8 Å². The molecule has 30 heavy (non-hydrogen) atoms. The summed E-state index contributed by atoms with van der Waals surface area (Å²) in [7, 11) is -0.933. The Morgan fingerprint density at radius 2 is 2.00 bits per heavy atom. The molecule has 3 rings (SSSR count). The van der Waals surface area contributed by atoms with Gasteiger partial charge in [-0.25, -0.2) is 4.68 Å². The summed E-state index contributed by atoms with van der Waals surface area (Å²) in [6.07, 6.45) is 3.70. The van der Waals surface area contributed by atoms with E-state index in [-0.39, 0.29) is 6.04 Å². The summed E-state index contributed by atoms with van der Waals surface area (Å²) >= 11 is 0. The number of guanidine groups is 1. The van der Waals surface area contributed by atoms with Gasteiger partial charge in [0.1, 0.15) is 0 Å². The first kappa shape index (κ1) is 21.8. The predicted octanol–water partition coefficient (Wildman–Crippen LogP) is 3.44. The topological polar surface area (TPSA) is 71.3 Å². The number of hydrogen-bond acceptors (Lipinski definition) is 3. The van der Waals surface area contributed by atoms with E-state index in [0.717, 1.165) is 29.3 Å². The van der Waals surface area contributed by atoms with Crippen molar-refractivity contribution in [1.29, 1.82) is 0 Å². The fourth-order valence-corrected chi connectivity index (χ4v) is 4.06. The summed E-state index contributed by atoms with van der Waals surface area (Å²) in [5.74, 6) is 1.83. The van der Waals surface area contributed by atoms with Crippen molar-refractivity contribution in [3.63, 3.8) is 0 Å². The van der Waals surface area contributed by atoms with E-state index < -0.39 is 10.8 Å².